The van der Waals surface area contributed by atoms with Gasteiger partial charge in [0.05, 0.1) is 25.4 Å². The van der Waals surface area contributed by atoms with Crippen molar-refractivity contribution in [2.24, 2.45) is 0 Å². The van der Waals surface area contributed by atoms with Crippen LogP contribution in [0.15, 0.2) is 18.2 Å². The van der Waals surface area contributed by atoms with Gasteiger partial charge < -0.3 is 20.6 Å². The van der Waals surface area contributed by atoms with Gasteiger partial charge in [0.15, 0.2) is 0 Å². The number of hydrogen-bond donors (Lipinski definition) is 4. The van der Waals surface area contributed by atoms with Crippen molar-refractivity contribution >= 4 is 0 Å². The molecule has 0 aromatic heterocycles. The maximum Gasteiger partial charge on any atom is 0.131 e. The van der Waals surface area contributed by atoms with Crippen LogP contribution in [0.1, 0.15) is 11.7 Å². The van der Waals surface area contributed by atoms with Crippen LogP contribution in [0.4, 0.5) is 8.78 Å². The van der Waals surface area contributed by atoms with E-state index in [4.69, 9.17) is 10.2 Å². The van der Waals surface area contributed by atoms with Gasteiger partial charge in [0.25, 0.3) is 0 Å². The highest BCUT2D eigenvalue weighted by atomic mass is 19.1. The van der Waals surface area contributed by atoms with Gasteiger partial charge in [-0.15, -0.1) is 0 Å². The molecule has 0 spiro atoms. The SMILES string of the molecule is OCC(CO)NCC(O)c1ccc(F)cc1F. The van der Waals surface area contributed by atoms with E-state index in [1.54, 1.807) is 0 Å². The second kappa shape index (κ2) is 6.61. The molecule has 0 bridgehead atoms. The molecule has 1 atom stereocenters. The van der Waals surface area contributed by atoms with Gasteiger partial charge in [-0.25, -0.2) is 8.78 Å². The standard InChI is InChI=1S/C11H15F2NO3/c12-7-1-2-9(10(13)3-7)11(17)4-14-8(5-15)6-16/h1-3,8,11,14-17H,4-6H2. The third-order valence-electron chi connectivity index (χ3n) is 2.36. The third kappa shape index (κ3) is 4.01. The zero-order valence-corrected chi connectivity index (χ0v) is 9.11. The summed E-state index contributed by atoms with van der Waals surface area (Å²) in [6, 6.07) is 2.32. The van der Waals surface area contributed by atoms with Crippen LogP contribution in [-0.2, 0) is 0 Å². The minimum Gasteiger partial charge on any atom is -0.395 e. The summed E-state index contributed by atoms with van der Waals surface area (Å²) < 4.78 is 25.9. The third-order valence-corrected chi connectivity index (χ3v) is 2.36. The van der Waals surface area contributed by atoms with Crippen LogP contribution in [0.5, 0.6) is 0 Å². The van der Waals surface area contributed by atoms with E-state index in [1.165, 1.54) is 0 Å². The first-order valence-electron chi connectivity index (χ1n) is 5.16. The molecule has 0 saturated carbocycles. The van der Waals surface area contributed by atoms with Gasteiger partial charge in [0.1, 0.15) is 11.6 Å². The Morgan fingerprint density at radius 1 is 1.18 bits per heavy atom. The second-order valence-electron chi connectivity index (χ2n) is 3.65. The lowest BCUT2D eigenvalue weighted by molar-refractivity contribution is 0.133. The predicted molar refractivity (Wildman–Crippen MR) is 57.3 cm³/mol. The molecule has 0 saturated heterocycles. The summed E-state index contributed by atoms with van der Waals surface area (Å²) in [6.45, 7) is -0.640. The topological polar surface area (TPSA) is 72.7 Å². The van der Waals surface area contributed by atoms with E-state index in [2.05, 4.69) is 5.32 Å². The van der Waals surface area contributed by atoms with Gasteiger partial charge in [-0.1, -0.05) is 6.07 Å². The number of nitrogens with one attached hydrogen (secondary N) is 1. The minimum absolute atomic E-state index is 0.0338. The summed E-state index contributed by atoms with van der Waals surface area (Å²) in [6.07, 6.45) is -1.17. The fourth-order valence-electron chi connectivity index (χ4n) is 1.35. The molecular formula is C11H15F2NO3. The van der Waals surface area contributed by atoms with Crippen LogP contribution >= 0.6 is 0 Å². The highest BCUT2D eigenvalue weighted by Crippen LogP contribution is 2.17. The summed E-state index contributed by atoms with van der Waals surface area (Å²) in [5.74, 6) is -1.54. The fraction of sp³-hybridized carbons (Fsp3) is 0.455. The summed E-state index contributed by atoms with van der Waals surface area (Å²) in [5, 5.41) is 29.8. The molecule has 0 aliphatic carbocycles. The normalized spacial score (nSPS) is 13.1. The van der Waals surface area contributed by atoms with Crippen LogP contribution in [-0.4, -0.2) is 41.1 Å². The summed E-state index contributed by atoms with van der Waals surface area (Å²) in [7, 11) is 0. The summed E-state index contributed by atoms with van der Waals surface area (Å²) in [5.41, 5.74) is -0.0338. The average molecular weight is 247 g/mol. The molecule has 1 rings (SSSR count). The zero-order valence-electron chi connectivity index (χ0n) is 9.11. The van der Waals surface area contributed by atoms with Crippen molar-refractivity contribution < 1.29 is 24.1 Å². The number of rotatable bonds is 6. The Morgan fingerprint density at radius 3 is 2.35 bits per heavy atom. The Kier molecular flexibility index (Phi) is 5.43. The zero-order chi connectivity index (χ0) is 12.8. The van der Waals surface area contributed by atoms with Crippen molar-refractivity contribution in [1.82, 2.24) is 5.32 Å². The first-order valence-corrected chi connectivity index (χ1v) is 5.16. The lowest BCUT2D eigenvalue weighted by Crippen LogP contribution is -2.38. The van der Waals surface area contributed by atoms with E-state index in [-0.39, 0.29) is 25.3 Å². The van der Waals surface area contributed by atoms with Gasteiger partial charge in [-0.2, -0.15) is 0 Å². The Labute approximate surface area is 97.5 Å². The molecule has 4 nitrogen and oxygen atoms in total. The molecule has 0 fully saturated rings. The molecule has 96 valence electrons. The lowest BCUT2D eigenvalue weighted by Gasteiger charge is -2.17. The second-order valence-corrected chi connectivity index (χ2v) is 3.65. The van der Waals surface area contributed by atoms with Gasteiger partial charge in [0, 0.05) is 18.2 Å². The number of hydrogen-bond acceptors (Lipinski definition) is 4. The molecule has 1 unspecified atom stereocenters. The lowest BCUT2D eigenvalue weighted by atomic mass is 10.1. The van der Waals surface area contributed by atoms with Gasteiger partial charge in [-0.05, 0) is 6.07 Å². The summed E-state index contributed by atoms with van der Waals surface area (Å²) >= 11 is 0. The van der Waals surface area contributed by atoms with Crippen LogP contribution in [0, 0.1) is 11.6 Å². The summed E-state index contributed by atoms with van der Waals surface area (Å²) in [4.78, 5) is 0. The van der Waals surface area contributed by atoms with Crippen molar-refractivity contribution in [1.29, 1.82) is 0 Å². The van der Waals surface area contributed by atoms with Crippen LogP contribution in [0.3, 0.4) is 0 Å². The van der Waals surface area contributed by atoms with Crippen molar-refractivity contribution in [3.8, 4) is 0 Å². The first-order chi connectivity index (χ1) is 8.08. The number of aliphatic hydroxyl groups excluding tert-OH is 3. The Bertz CT molecular complexity index is 359. The van der Waals surface area contributed by atoms with Crippen molar-refractivity contribution in [2.75, 3.05) is 19.8 Å². The number of benzene rings is 1. The predicted octanol–water partition coefficient (Wildman–Crippen LogP) is -0.0590. The highest BCUT2D eigenvalue weighted by Gasteiger charge is 2.15. The minimum atomic E-state index is -1.17. The fourth-order valence-corrected chi connectivity index (χ4v) is 1.35. The van der Waals surface area contributed by atoms with Gasteiger partial charge in [-0.3, -0.25) is 0 Å². The molecule has 0 aliphatic heterocycles. The molecule has 1 aromatic carbocycles. The Morgan fingerprint density at radius 2 is 1.82 bits per heavy atom. The molecule has 0 aliphatic rings. The van der Waals surface area contributed by atoms with Crippen molar-refractivity contribution in [3.63, 3.8) is 0 Å². The average Bonchev–Trinajstić information content (AvgIpc) is 2.30. The van der Waals surface area contributed by atoms with Crippen molar-refractivity contribution in [2.45, 2.75) is 12.1 Å². The molecular weight excluding hydrogens is 232 g/mol. The first kappa shape index (κ1) is 14.0. The Hall–Kier alpha value is -1.08. The van der Waals surface area contributed by atoms with Crippen molar-refractivity contribution in [3.05, 3.63) is 35.4 Å². The maximum atomic E-state index is 13.3. The Balaban J connectivity index is 2.60. The van der Waals surface area contributed by atoms with Gasteiger partial charge in [0.2, 0.25) is 0 Å². The largest absolute Gasteiger partial charge is 0.395 e. The van der Waals surface area contributed by atoms with Crippen LogP contribution in [0.2, 0.25) is 0 Å². The highest BCUT2D eigenvalue weighted by molar-refractivity contribution is 5.21. The van der Waals surface area contributed by atoms with E-state index in [9.17, 15) is 13.9 Å². The molecule has 6 heteroatoms. The van der Waals surface area contributed by atoms with E-state index in [0.29, 0.717) is 6.07 Å². The monoisotopic (exact) mass is 247 g/mol. The number of aliphatic hydroxyl groups is 3. The molecule has 0 radical (unpaired) electrons. The molecule has 1 aromatic rings. The van der Waals surface area contributed by atoms with E-state index in [0.717, 1.165) is 12.1 Å². The quantitative estimate of drug-likeness (QED) is 0.568. The van der Waals surface area contributed by atoms with Crippen LogP contribution in [0.25, 0.3) is 0 Å². The molecule has 17 heavy (non-hydrogen) atoms. The van der Waals surface area contributed by atoms with Gasteiger partial charge >= 0.3 is 0 Å². The maximum absolute atomic E-state index is 13.3. The molecule has 0 heterocycles. The number of halogens is 2. The molecule has 0 amide bonds. The van der Waals surface area contributed by atoms with E-state index < -0.39 is 23.8 Å². The smallest absolute Gasteiger partial charge is 0.131 e. The van der Waals surface area contributed by atoms with Crippen LogP contribution < -0.4 is 5.32 Å². The van der Waals surface area contributed by atoms with E-state index in [1.807, 2.05) is 0 Å². The van der Waals surface area contributed by atoms with E-state index >= 15 is 0 Å². The molecule has 4 N–H and O–H groups in total.